The summed E-state index contributed by atoms with van der Waals surface area (Å²) in [6.07, 6.45) is 3.05. The number of anilines is 1. The van der Waals surface area contributed by atoms with Crippen molar-refractivity contribution >= 4 is 5.69 Å². The van der Waals surface area contributed by atoms with E-state index in [9.17, 15) is 0 Å². The largest absolute Gasteiger partial charge is 0.494 e. The lowest BCUT2D eigenvalue weighted by Crippen LogP contribution is -2.08. The van der Waals surface area contributed by atoms with Crippen LogP contribution in [0.2, 0.25) is 0 Å². The normalized spacial score (nSPS) is 10.3. The Balaban J connectivity index is 1.71. The maximum atomic E-state index is 5.81. The van der Waals surface area contributed by atoms with Crippen LogP contribution in [0.25, 0.3) is 0 Å². The van der Waals surface area contributed by atoms with Gasteiger partial charge in [-0.15, -0.1) is 0 Å². The van der Waals surface area contributed by atoms with Crippen molar-refractivity contribution in [1.29, 1.82) is 0 Å². The van der Waals surface area contributed by atoms with E-state index in [1.165, 1.54) is 5.56 Å². The van der Waals surface area contributed by atoms with Crippen LogP contribution >= 0.6 is 0 Å². The molecule has 0 fully saturated rings. The van der Waals surface area contributed by atoms with Crippen LogP contribution in [0.1, 0.15) is 18.4 Å². The van der Waals surface area contributed by atoms with Gasteiger partial charge < -0.3 is 15.8 Å². The fraction of sp³-hybridized carbons (Fsp3) is 0.333. The van der Waals surface area contributed by atoms with Crippen molar-refractivity contribution in [1.82, 2.24) is 0 Å². The number of nitrogens with one attached hydrogen (secondary N) is 1. The predicted molar refractivity (Wildman–Crippen MR) is 88.9 cm³/mol. The Morgan fingerprint density at radius 2 is 1.81 bits per heavy atom. The van der Waals surface area contributed by atoms with E-state index in [1.807, 2.05) is 30.3 Å². The van der Waals surface area contributed by atoms with Gasteiger partial charge in [0.25, 0.3) is 0 Å². The third-order valence-corrected chi connectivity index (χ3v) is 3.27. The molecule has 0 heterocycles. The topological polar surface area (TPSA) is 47.3 Å². The maximum Gasteiger partial charge on any atom is 0.121 e. The standard InChI is InChI=1S/C18H24N2O/c19-12-6-13-20-17-10-4-11-18(15-17)21-14-5-9-16-7-2-1-3-8-16/h1-4,7-8,10-11,15,20H,5-6,9,12-14,19H2. The van der Waals surface area contributed by atoms with Crippen LogP contribution in [0.15, 0.2) is 54.6 Å². The number of hydrogen-bond acceptors (Lipinski definition) is 3. The van der Waals surface area contributed by atoms with Crippen molar-refractivity contribution < 1.29 is 4.74 Å². The molecule has 0 spiro atoms. The van der Waals surface area contributed by atoms with E-state index in [1.54, 1.807) is 0 Å². The Bertz CT molecular complexity index is 514. The fourth-order valence-corrected chi connectivity index (χ4v) is 2.14. The first-order chi connectivity index (χ1) is 10.4. The smallest absolute Gasteiger partial charge is 0.121 e. The summed E-state index contributed by atoms with van der Waals surface area (Å²) in [6, 6.07) is 18.6. The van der Waals surface area contributed by atoms with Crippen LogP contribution in [0.3, 0.4) is 0 Å². The Morgan fingerprint density at radius 3 is 2.62 bits per heavy atom. The third-order valence-electron chi connectivity index (χ3n) is 3.27. The number of benzene rings is 2. The highest BCUT2D eigenvalue weighted by molar-refractivity contribution is 5.48. The van der Waals surface area contributed by atoms with E-state index in [-0.39, 0.29) is 0 Å². The quantitative estimate of drug-likeness (QED) is 0.693. The van der Waals surface area contributed by atoms with Gasteiger partial charge in [-0.2, -0.15) is 0 Å². The zero-order chi connectivity index (χ0) is 14.8. The number of nitrogens with two attached hydrogens (primary N) is 1. The second kappa shape index (κ2) is 9.03. The molecule has 0 amide bonds. The molecule has 0 saturated heterocycles. The second-order valence-electron chi connectivity index (χ2n) is 5.03. The first-order valence-corrected chi connectivity index (χ1v) is 7.59. The SMILES string of the molecule is NCCCNc1cccc(OCCCc2ccccc2)c1. The second-order valence-corrected chi connectivity index (χ2v) is 5.03. The van der Waals surface area contributed by atoms with Crippen LogP contribution in [-0.4, -0.2) is 19.7 Å². The van der Waals surface area contributed by atoms with Gasteiger partial charge in [0, 0.05) is 18.3 Å². The minimum atomic E-state index is 0.711. The van der Waals surface area contributed by atoms with Gasteiger partial charge in [-0.05, 0) is 43.5 Å². The van der Waals surface area contributed by atoms with Crippen LogP contribution in [0, 0.1) is 0 Å². The minimum Gasteiger partial charge on any atom is -0.494 e. The molecule has 0 radical (unpaired) electrons. The molecule has 3 nitrogen and oxygen atoms in total. The molecule has 2 aromatic carbocycles. The summed E-state index contributed by atoms with van der Waals surface area (Å²) in [6.45, 7) is 2.35. The Kier molecular flexibility index (Phi) is 6.62. The molecule has 2 aromatic rings. The van der Waals surface area contributed by atoms with Crippen molar-refractivity contribution in [3.63, 3.8) is 0 Å². The van der Waals surface area contributed by atoms with Gasteiger partial charge in [0.2, 0.25) is 0 Å². The highest BCUT2D eigenvalue weighted by Crippen LogP contribution is 2.17. The summed E-state index contributed by atoms with van der Waals surface area (Å²) < 4.78 is 5.81. The van der Waals surface area contributed by atoms with Crippen molar-refractivity contribution in [3.8, 4) is 5.75 Å². The van der Waals surface area contributed by atoms with E-state index >= 15 is 0 Å². The van der Waals surface area contributed by atoms with E-state index in [2.05, 4.69) is 29.6 Å². The van der Waals surface area contributed by atoms with Gasteiger partial charge in [-0.1, -0.05) is 36.4 Å². The highest BCUT2D eigenvalue weighted by Gasteiger charge is 1.97. The molecule has 0 unspecified atom stereocenters. The molecule has 3 heteroatoms. The lowest BCUT2D eigenvalue weighted by Gasteiger charge is -2.09. The molecule has 0 aliphatic rings. The van der Waals surface area contributed by atoms with Crippen molar-refractivity contribution in [2.24, 2.45) is 5.73 Å². The maximum absolute atomic E-state index is 5.81. The molecule has 2 rings (SSSR count). The number of hydrogen-bond donors (Lipinski definition) is 2. The van der Waals surface area contributed by atoms with Crippen LogP contribution in [-0.2, 0) is 6.42 Å². The number of rotatable bonds is 9. The summed E-state index contributed by atoms with van der Waals surface area (Å²) in [5.74, 6) is 0.917. The van der Waals surface area contributed by atoms with Crippen molar-refractivity contribution in [2.45, 2.75) is 19.3 Å². The zero-order valence-electron chi connectivity index (χ0n) is 12.4. The zero-order valence-corrected chi connectivity index (χ0v) is 12.4. The average Bonchev–Trinajstić information content (AvgIpc) is 2.53. The number of ether oxygens (including phenoxy) is 1. The van der Waals surface area contributed by atoms with E-state index in [4.69, 9.17) is 10.5 Å². The molecule has 0 bridgehead atoms. The third kappa shape index (κ3) is 5.88. The fourth-order valence-electron chi connectivity index (χ4n) is 2.14. The van der Waals surface area contributed by atoms with Gasteiger partial charge in [0.05, 0.1) is 6.61 Å². The summed E-state index contributed by atoms with van der Waals surface area (Å²) in [5, 5.41) is 3.34. The molecule has 3 N–H and O–H groups in total. The monoisotopic (exact) mass is 284 g/mol. The van der Waals surface area contributed by atoms with Crippen molar-refractivity contribution in [3.05, 3.63) is 60.2 Å². The van der Waals surface area contributed by atoms with Gasteiger partial charge >= 0.3 is 0 Å². The van der Waals surface area contributed by atoms with Crippen molar-refractivity contribution in [2.75, 3.05) is 25.0 Å². The van der Waals surface area contributed by atoms with E-state index in [0.29, 0.717) is 6.54 Å². The van der Waals surface area contributed by atoms with E-state index in [0.717, 1.165) is 43.9 Å². The number of aryl methyl sites for hydroxylation is 1. The van der Waals surface area contributed by atoms with Crippen LogP contribution in [0.5, 0.6) is 5.75 Å². The molecule has 112 valence electrons. The molecule has 0 saturated carbocycles. The summed E-state index contributed by atoms with van der Waals surface area (Å²) in [5.41, 5.74) is 7.93. The van der Waals surface area contributed by atoms with Gasteiger partial charge in [-0.3, -0.25) is 0 Å². The molecular weight excluding hydrogens is 260 g/mol. The highest BCUT2D eigenvalue weighted by atomic mass is 16.5. The molecule has 0 aliphatic heterocycles. The Hall–Kier alpha value is -2.00. The molecule has 0 atom stereocenters. The predicted octanol–water partition coefficient (Wildman–Crippen LogP) is 3.46. The molecule has 0 aliphatic carbocycles. The Morgan fingerprint density at radius 1 is 0.952 bits per heavy atom. The summed E-state index contributed by atoms with van der Waals surface area (Å²) >= 11 is 0. The van der Waals surface area contributed by atoms with E-state index < -0.39 is 0 Å². The Labute approximate surface area is 127 Å². The van der Waals surface area contributed by atoms with Gasteiger partial charge in [0.1, 0.15) is 5.75 Å². The van der Waals surface area contributed by atoms with Gasteiger partial charge in [0.15, 0.2) is 0 Å². The summed E-state index contributed by atoms with van der Waals surface area (Å²) in [7, 11) is 0. The van der Waals surface area contributed by atoms with Crippen LogP contribution in [0.4, 0.5) is 5.69 Å². The molecular formula is C18H24N2O. The lowest BCUT2D eigenvalue weighted by atomic mass is 10.1. The minimum absolute atomic E-state index is 0.711. The first kappa shape index (κ1) is 15.4. The summed E-state index contributed by atoms with van der Waals surface area (Å²) in [4.78, 5) is 0. The van der Waals surface area contributed by atoms with Gasteiger partial charge in [-0.25, -0.2) is 0 Å². The first-order valence-electron chi connectivity index (χ1n) is 7.59. The average molecular weight is 284 g/mol. The lowest BCUT2D eigenvalue weighted by molar-refractivity contribution is 0.311. The molecule has 0 aromatic heterocycles. The van der Waals surface area contributed by atoms with Crippen LogP contribution < -0.4 is 15.8 Å². The molecule has 21 heavy (non-hydrogen) atoms.